The molecule has 1 heterocycles. The molecule has 0 unspecified atom stereocenters. The van der Waals surface area contributed by atoms with Crippen LogP contribution in [0.15, 0.2) is 30.3 Å². The number of hydrogen-bond acceptors (Lipinski definition) is 4. The summed E-state index contributed by atoms with van der Waals surface area (Å²) in [4.78, 5) is 15.9. The minimum absolute atomic E-state index is 0.456. The molecule has 0 atom stereocenters. The molecule has 0 spiro atoms. The first-order valence-electron chi connectivity index (χ1n) is 6.83. The molecule has 0 saturated carbocycles. The number of primary amides is 1. The van der Waals surface area contributed by atoms with Gasteiger partial charge in [-0.25, -0.2) is 4.98 Å². The van der Waals surface area contributed by atoms with Crippen LogP contribution < -0.4 is 16.8 Å². The Morgan fingerprint density at radius 1 is 1.24 bits per heavy atom. The molecule has 2 rings (SSSR count). The van der Waals surface area contributed by atoms with Gasteiger partial charge in [-0.2, -0.15) is 0 Å². The number of aromatic nitrogens is 1. The number of anilines is 2. The summed E-state index contributed by atoms with van der Waals surface area (Å²) >= 11 is 0. The van der Waals surface area contributed by atoms with Gasteiger partial charge in [-0.3, -0.25) is 4.79 Å². The van der Waals surface area contributed by atoms with Crippen LogP contribution in [0.5, 0.6) is 0 Å². The lowest BCUT2D eigenvalue weighted by Crippen LogP contribution is -2.18. The minimum atomic E-state index is -0.463. The van der Waals surface area contributed by atoms with Gasteiger partial charge < -0.3 is 16.8 Å². The summed E-state index contributed by atoms with van der Waals surface area (Å²) in [5.41, 5.74) is 15.2. The van der Waals surface area contributed by atoms with Gasteiger partial charge in [-0.1, -0.05) is 12.1 Å². The summed E-state index contributed by atoms with van der Waals surface area (Å²) in [6, 6.07) is 9.57. The predicted molar refractivity (Wildman–Crippen MR) is 85.3 cm³/mol. The van der Waals surface area contributed by atoms with E-state index >= 15 is 0 Å². The SMILES string of the molecule is Cc1cc(C)c(C(N)=O)c(NCCc2ccc(N)cc2)n1. The Balaban J connectivity index is 2.09. The topological polar surface area (TPSA) is 94.0 Å². The number of carbonyl (C=O) groups is 1. The number of nitrogens with one attached hydrogen (secondary N) is 1. The smallest absolute Gasteiger partial charge is 0.252 e. The van der Waals surface area contributed by atoms with Crippen molar-refractivity contribution < 1.29 is 4.79 Å². The second-order valence-corrected chi connectivity index (χ2v) is 5.09. The number of benzene rings is 1. The van der Waals surface area contributed by atoms with Crippen molar-refractivity contribution in [3.05, 3.63) is 52.7 Å². The average molecular weight is 284 g/mol. The summed E-state index contributed by atoms with van der Waals surface area (Å²) in [5.74, 6) is 0.0884. The lowest BCUT2D eigenvalue weighted by molar-refractivity contribution is 0.1000. The summed E-state index contributed by atoms with van der Waals surface area (Å²) in [6.07, 6.45) is 0.813. The van der Waals surface area contributed by atoms with Gasteiger partial charge in [0.25, 0.3) is 5.91 Å². The van der Waals surface area contributed by atoms with E-state index in [0.717, 1.165) is 23.4 Å². The fourth-order valence-electron chi connectivity index (χ4n) is 2.29. The van der Waals surface area contributed by atoms with Crippen LogP contribution in [0.1, 0.15) is 27.2 Å². The molecule has 5 heteroatoms. The van der Waals surface area contributed by atoms with E-state index in [2.05, 4.69) is 10.3 Å². The second-order valence-electron chi connectivity index (χ2n) is 5.09. The Hall–Kier alpha value is -2.56. The zero-order chi connectivity index (χ0) is 15.4. The molecule has 21 heavy (non-hydrogen) atoms. The van der Waals surface area contributed by atoms with E-state index in [0.29, 0.717) is 17.9 Å². The standard InChI is InChI=1S/C16H20N4O/c1-10-9-11(2)20-16(14(10)15(18)21)19-8-7-12-3-5-13(17)6-4-12/h3-6,9H,7-8,17H2,1-2H3,(H2,18,21)(H,19,20). The molecule has 0 aliphatic heterocycles. The monoisotopic (exact) mass is 284 g/mol. The third-order valence-electron chi connectivity index (χ3n) is 3.28. The Morgan fingerprint density at radius 3 is 2.52 bits per heavy atom. The number of pyridine rings is 1. The number of nitrogens with zero attached hydrogens (tertiary/aromatic N) is 1. The summed E-state index contributed by atoms with van der Waals surface area (Å²) in [6.45, 7) is 4.42. The Bertz CT molecular complexity index is 650. The van der Waals surface area contributed by atoms with E-state index in [1.165, 1.54) is 5.56 Å². The van der Waals surface area contributed by atoms with E-state index in [4.69, 9.17) is 11.5 Å². The third kappa shape index (κ3) is 3.72. The number of aryl methyl sites for hydroxylation is 2. The zero-order valence-electron chi connectivity index (χ0n) is 12.3. The van der Waals surface area contributed by atoms with Crippen LogP contribution in [0.3, 0.4) is 0 Å². The second kappa shape index (κ2) is 6.26. The lowest BCUT2D eigenvalue weighted by Gasteiger charge is -2.12. The van der Waals surface area contributed by atoms with Gasteiger partial charge in [0.05, 0.1) is 5.56 Å². The predicted octanol–water partition coefficient (Wildman–Crippen LogP) is 2.03. The fourth-order valence-corrected chi connectivity index (χ4v) is 2.29. The maximum Gasteiger partial charge on any atom is 0.252 e. The quantitative estimate of drug-likeness (QED) is 0.732. The molecule has 0 aliphatic rings. The van der Waals surface area contributed by atoms with Crippen molar-refractivity contribution in [1.82, 2.24) is 4.98 Å². The van der Waals surface area contributed by atoms with Gasteiger partial charge in [-0.05, 0) is 49.6 Å². The number of hydrogen-bond donors (Lipinski definition) is 3. The Morgan fingerprint density at radius 2 is 1.90 bits per heavy atom. The zero-order valence-corrected chi connectivity index (χ0v) is 12.3. The highest BCUT2D eigenvalue weighted by molar-refractivity contribution is 5.99. The molecule has 0 bridgehead atoms. The van der Waals surface area contributed by atoms with Crippen molar-refractivity contribution in [1.29, 1.82) is 0 Å². The molecule has 110 valence electrons. The van der Waals surface area contributed by atoms with Gasteiger partial charge in [0.2, 0.25) is 0 Å². The van der Waals surface area contributed by atoms with Crippen LogP contribution in [-0.4, -0.2) is 17.4 Å². The van der Waals surface area contributed by atoms with Crippen molar-refractivity contribution in [2.24, 2.45) is 5.73 Å². The number of nitrogens with two attached hydrogens (primary N) is 2. The molecule has 0 radical (unpaired) electrons. The van der Waals surface area contributed by atoms with Crippen molar-refractivity contribution in [3.63, 3.8) is 0 Å². The van der Waals surface area contributed by atoms with E-state index in [-0.39, 0.29) is 0 Å². The summed E-state index contributed by atoms with van der Waals surface area (Å²) in [5, 5.41) is 3.20. The molecular formula is C16H20N4O. The average Bonchev–Trinajstić information content (AvgIpc) is 2.39. The maximum absolute atomic E-state index is 11.6. The lowest BCUT2D eigenvalue weighted by atomic mass is 10.1. The number of carbonyl (C=O) groups excluding carboxylic acids is 1. The third-order valence-corrected chi connectivity index (χ3v) is 3.28. The van der Waals surface area contributed by atoms with Crippen LogP contribution in [0.4, 0.5) is 11.5 Å². The summed E-state index contributed by atoms with van der Waals surface area (Å²) < 4.78 is 0. The van der Waals surface area contributed by atoms with Crippen LogP contribution in [0.2, 0.25) is 0 Å². The van der Waals surface area contributed by atoms with Gasteiger partial charge in [0.1, 0.15) is 5.82 Å². The van der Waals surface area contributed by atoms with Crippen molar-refractivity contribution in [3.8, 4) is 0 Å². The van der Waals surface area contributed by atoms with E-state index < -0.39 is 5.91 Å². The maximum atomic E-state index is 11.6. The molecule has 0 fully saturated rings. The van der Waals surface area contributed by atoms with Crippen LogP contribution in [0.25, 0.3) is 0 Å². The highest BCUT2D eigenvalue weighted by Crippen LogP contribution is 2.18. The summed E-state index contributed by atoms with van der Waals surface area (Å²) in [7, 11) is 0. The van der Waals surface area contributed by atoms with Gasteiger partial charge in [0, 0.05) is 17.9 Å². The first-order chi connectivity index (χ1) is 9.97. The van der Waals surface area contributed by atoms with E-state index in [1.807, 2.05) is 44.2 Å². The van der Waals surface area contributed by atoms with Gasteiger partial charge in [0.15, 0.2) is 0 Å². The molecule has 5 nitrogen and oxygen atoms in total. The van der Waals surface area contributed by atoms with E-state index in [9.17, 15) is 4.79 Å². The molecule has 2 aromatic rings. The highest BCUT2D eigenvalue weighted by Gasteiger charge is 2.13. The Kier molecular flexibility index (Phi) is 4.42. The number of rotatable bonds is 5. The first-order valence-corrected chi connectivity index (χ1v) is 6.83. The van der Waals surface area contributed by atoms with Gasteiger partial charge in [-0.15, -0.1) is 0 Å². The molecule has 0 saturated heterocycles. The molecule has 0 aliphatic carbocycles. The number of nitrogen functional groups attached to an aromatic ring is 1. The van der Waals surface area contributed by atoms with Gasteiger partial charge >= 0.3 is 0 Å². The molecular weight excluding hydrogens is 264 g/mol. The highest BCUT2D eigenvalue weighted by atomic mass is 16.1. The van der Waals surface area contributed by atoms with E-state index in [1.54, 1.807) is 0 Å². The molecule has 1 aromatic carbocycles. The molecule has 1 aromatic heterocycles. The van der Waals surface area contributed by atoms with Crippen LogP contribution in [0, 0.1) is 13.8 Å². The first kappa shape index (κ1) is 14.8. The van der Waals surface area contributed by atoms with Crippen molar-refractivity contribution in [2.45, 2.75) is 20.3 Å². The molecule has 5 N–H and O–H groups in total. The van der Waals surface area contributed by atoms with Crippen LogP contribution >= 0.6 is 0 Å². The van der Waals surface area contributed by atoms with Crippen molar-refractivity contribution >= 4 is 17.4 Å². The number of amides is 1. The fraction of sp³-hybridized carbons (Fsp3) is 0.250. The van der Waals surface area contributed by atoms with Crippen LogP contribution in [-0.2, 0) is 6.42 Å². The van der Waals surface area contributed by atoms with Crippen molar-refractivity contribution in [2.75, 3.05) is 17.6 Å². The Labute approximate surface area is 124 Å². The normalized spacial score (nSPS) is 10.4. The minimum Gasteiger partial charge on any atom is -0.399 e. The largest absolute Gasteiger partial charge is 0.399 e. The molecule has 1 amide bonds.